The topological polar surface area (TPSA) is 29.3 Å². The molecule has 0 saturated heterocycles. The first-order valence-electron chi connectivity index (χ1n) is 6.11. The van der Waals surface area contributed by atoms with Crippen molar-refractivity contribution in [3.05, 3.63) is 59.4 Å². The number of hydrogen-bond donors (Lipinski definition) is 1. The minimum Gasteiger partial charge on any atom is -0.397 e. The number of para-hydroxylation sites is 1. The van der Waals surface area contributed by atoms with E-state index in [2.05, 4.69) is 11.0 Å². The number of nitrogens with two attached hydrogens (primary N) is 1. The van der Waals surface area contributed by atoms with Gasteiger partial charge in [0, 0.05) is 13.1 Å². The number of fused-ring (bicyclic) bond motifs is 1. The first kappa shape index (κ1) is 11.1. The fourth-order valence-corrected chi connectivity index (χ4v) is 2.58. The highest BCUT2D eigenvalue weighted by molar-refractivity contribution is 5.74. The molecule has 2 N–H and O–H groups in total. The van der Waals surface area contributed by atoms with Gasteiger partial charge in [0.1, 0.15) is 5.82 Å². The van der Waals surface area contributed by atoms with Gasteiger partial charge in [0.15, 0.2) is 0 Å². The molecule has 2 aromatic carbocycles. The predicted molar refractivity (Wildman–Crippen MR) is 72.0 cm³/mol. The fourth-order valence-electron chi connectivity index (χ4n) is 2.58. The van der Waals surface area contributed by atoms with E-state index in [0.717, 1.165) is 29.9 Å². The molecule has 2 aromatic rings. The SMILES string of the molecule is Nc1cccc2c1N(Cc1cccc(F)c1)CC2. The van der Waals surface area contributed by atoms with Crippen molar-refractivity contribution in [2.75, 3.05) is 17.2 Å². The smallest absolute Gasteiger partial charge is 0.123 e. The Bertz CT molecular complexity index is 580. The number of nitrogens with zero attached hydrogens (tertiary/aromatic N) is 1. The summed E-state index contributed by atoms with van der Waals surface area (Å²) in [6, 6.07) is 12.8. The van der Waals surface area contributed by atoms with Gasteiger partial charge < -0.3 is 10.6 Å². The third kappa shape index (κ3) is 1.92. The van der Waals surface area contributed by atoms with Crippen LogP contribution in [0.25, 0.3) is 0 Å². The first-order valence-corrected chi connectivity index (χ1v) is 6.11. The van der Waals surface area contributed by atoms with Crippen molar-refractivity contribution < 1.29 is 4.39 Å². The molecule has 1 heterocycles. The van der Waals surface area contributed by atoms with Crippen LogP contribution in [0.5, 0.6) is 0 Å². The van der Waals surface area contributed by atoms with Gasteiger partial charge in [0.2, 0.25) is 0 Å². The van der Waals surface area contributed by atoms with E-state index in [9.17, 15) is 4.39 Å². The van der Waals surface area contributed by atoms with Crippen LogP contribution in [0, 0.1) is 5.82 Å². The molecule has 1 aliphatic heterocycles. The van der Waals surface area contributed by atoms with E-state index in [4.69, 9.17) is 5.73 Å². The zero-order chi connectivity index (χ0) is 12.5. The van der Waals surface area contributed by atoms with Crippen molar-refractivity contribution in [3.63, 3.8) is 0 Å². The summed E-state index contributed by atoms with van der Waals surface area (Å²) in [6.45, 7) is 1.65. The van der Waals surface area contributed by atoms with Gasteiger partial charge in [-0.1, -0.05) is 24.3 Å². The van der Waals surface area contributed by atoms with Crippen LogP contribution in [-0.2, 0) is 13.0 Å². The highest BCUT2D eigenvalue weighted by Gasteiger charge is 2.21. The predicted octanol–water partition coefficient (Wildman–Crippen LogP) is 2.97. The second-order valence-corrected chi connectivity index (χ2v) is 4.66. The van der Waals surface area contributed by atoms with Gasteiger partial charge in [-0.25, -0.2) is 4.39 Å². The van der Waals surface area contributed by atoms with Crippen LogP contribution in [0.4, 0.5) is 15.8 Å². The first-order chi connectivity index (χ1) is 8.74. The second-order valence-electron chi connectivity index (χ2n) is 4.66. The molecule has 0 fully saturated rings. The van der Waals surface area contributed by atoms with Gasteiger partial charge in [-0.05, 0) is 35.7 Å². The number of rotatable bonds is 2. The van der Waals surface area contributed by atoms with Crippen LogP contribution in [0.3, 0.4) is 0 Å². The van der Waals surface area contributed by atoms with Crippen LogP contribution in [-0.4, -0.2) is 6.54 Å². The lowest BCUT2D eigenvalue weighted by atomic mass is 10.1. The standard InChI is InChI=1S/C15H15FN2/c16-13-5-1-3-11(9-13)10-18-8-7-12-4-2-6-14(17)15(12)18/h1-6,9H,7-8,10,17H2. The number of anilines is 2. The van der Waals surface area contributed by atoms with Crippen molar-refractivity contribution in [1.29, 1.82) is 0 Å². The molecule has 0 atom stereocenters. The molecule has 0 saturated carbocycles. The molecule has 0 amide bonds. The van der Waals surface area contributed by atoms with Crippen molar-refractivity contribution in [1.82, 2.24) is 0 Å². The molecule has 3 rings (SSSR count). The lowest BCUT2D eigenvalue weighted by Crippen LogP contribution is -2.20. The largest absolute Gasteiger partial charge is 0.397 e. The molecule has 0 unspecified atom stereocenters. The zero-order valence-electron chi connectivity index (χ0n) is 10.1. The highest BCUT2D eigenvalue weighted by Crippen LogP contribution is 2.34. The number of halogens is 1. The maximum absolute atomic E-state index is 13.2. The third-order valence-electron chi connectivity index (χ3n) is 3.38. The molecular formula is C15H15FN2. The van der Waals surface area contributed by atoms with Gasteiger partial charge in [0.05, 0.1) is 11.4 Å². The van der Waals surface area contributed by atoms with E-state index >= 15 is 0 Å². The van der Waals surface area contributed by atoms with E-state index in [1.807, 2.05) is 18.2 Å². The summed E-state index contributed by atoms with van der Waals surface area (Å²) >= 11 is 0. The van der Waals surface area contributed by atoms with E-state index < -0.39 is 0 Å². The molecule has 0 spiro atoms. The normalized spacial score (nSPS) is 13.7. The molecular weight excluding hydrogens is 227 g/mol. The van der Waals surface area contributed by atoms with Gasteiger partial charge >= 0.3 is 0 Å². The highest BCUT2D eigenvalue weighted by atomic mass is 19.1. The summed E-state index contributed by atoms with van der Waals surface area (Å²) in [6.07, 6.45) is 1.01. The minimum atomic E-state index is -0.187. The fraction of sp³-hybridized carbons (Fsp3) is 0.200. The molecule has 0 bridgehead atoms. The molecule has 0 radical (unpaired) electrons. The van der Waals surface area contributed by atoms with Gasteiger partial charge in [-0.2, -0.15) is 0 Å². The quantitative estimate of drug-likeness (QED) is 0.820. The Balaban J connectivity index is 1.89. The average molecular weight is 242 g/mol. The molecule has 18 heavy (non-hydrogen) atoms. The van der Waals surface area contributed by atoms with E-state index in [1.165, 1.54) is 11.6 Å². The molecule has 3 heteroatoms. The number of hydrogen-bond acceptors (Lipinski definition) is 2. The zero-order valence-corrected chi connectivity index (χ0v) is 10.1. The molecule has 0 aromatic heterocycles. The summed E-state index contributed by atoms with van der Waals surface area (Å²) in [5, 5.41) is 0. The van der Waals surface area contributed by atoms with Gasteiger partial charge in [-0.15, -0.1) is 0 Å². The summed E-state index contributed by atoms with van der Waals surface area (Å²) in [5.41, 5.74) is 10.2. The van der Waals surface area contributed by atoms with Crippen molar-refractivity contribution in [2.24, 2.45) is 0 Å². The Morgan fingerprint density at radius 1 is 1.17 bits per heavy atom. The summed E-state index contributed by atoms with van der Waals surface area (Å²) in [4.78, 5) is 2.22. The van der Waals surface area contributed by atoms with E-state index in [1.54, 1.807) is 12.1 Å². The number of nitrogen functional groups attached to an aromatic ring is 1. The second kappa shape index (κ2) is 4.33. The lowest BCUT2D eigenvalue weighted by Gasteiger charge is -2.21. The van der Waals surface area contributed by atoms with E-state index in [0.29, 0.717) is 6.54 Å². The summed E-state index contributed by atoms with van der Waals surface area (Å²) in [7, 11) is 0. The van der Waals surface area contributed by atoms with Gasteiger partial charge in [0.25, 0.3) is 0 Å². The average Bonchev–Trinajstić information content (AvgIpc) is 2.74. The van der Waals surface area contributed by atoms with Crippen LogP contribution >= 0.6 is 0 Å². The molecule has 0 aliphatic carbocycles. The Morgan fingerprint density at radius 3 is 2.83 bits per heavy atom. The Morgan fingerprint density at radius 2 is 2.00 bits per heavy atom. The molecule has 2 nitrogen and oxygen atoms in total. The van der Waals surface area contributed by atoms with Crippen LogP contribution < -0.4 is 10.6 Å². The third-order valence-corrected chi connectivity index (χ3v) is 3.38. The molecule has 1 aliphatic rings. The maximum Gasteiger partial charge on any atom is 0.123 e. The number of benzene rings is 2. The van der Waals surface area contributed by atoms with Crippen LogP contribution in [0.2, 0.25) is 0 Å². The Kier molecular flexibility index (Phi) is 2.67. The summed E-state index contributed by atoms with van der Waals surface area (Å²) < 4.78 is 13.2. The van der Waals surface area contributed by atoms with Crippen molar-refractivity contribution in [2.45, 2.75) is 13.0 Å². The van der Waals surface area contributed by atoms with Crippen molar-refractivity contribution >= 4 is 11.4 Å². The van der Waals surface area contributed by atoms with Gasteiger partial charge in [-0.3, -0.25) is 0 Å². The maximum atomic E-state index is 13.2. The summed E-state index contributed by atoms with van der Waals surface area (Å²) in [5.74, 6) is -0.187. The Hall–Kier alpha value is -2.03. The molecule has 92 valence electrons. The monoisotopic (exact) mass is 242 g/mol. The van der Waals surface area contributed by atoms with Crippen LogP contribution in [0.1, 0.15) is 11.1 Å². The van der Waals surface area contributed by atoms with E-state index in [-0.39, 0.29) is 5.82 Å². The Labute approximate surface area is 106 Å². The minimum absolute atomic E-state index is 0.187. The van der Waals surface area contributed by atoms with Crippen LogP contribution in [0.15, 0.2) is 42.5 Å². The van der Waals surface area contributed by atoms with Crippen molar-refractivity contribution in [3.8, 4) is 0 Å². The lowest BCUT2D eigenvalue weighted by molar-refractivity contribution is 0.624.